The summed E-state index contributed by atoms with van der Waals surface area (Å²) in [5, 5.41) is 0. The van der Waals surface area contributed by atoms with Crippen LogP contribution in [0.4, 0.5) is 0 Å². The maximum atomic E-state index is 5.41. The second-order valence-electron chi connectivity index (χ2n) is 16.5. The third-order valence-corrected chi connectivity index (χ3v) is 12.6. The third-order valence-electron chi connectivity index (χ3n) is 12.6. The predicted octanol–water partition coefficient (Wildman–Crippen LogP) is 16.0. The van der Waals surface area contributed by atoms with Crippen LogP contribution in [-0.2, 0) is 0 Å². The van der Waals surface area contributed by atoms with Crippen LogP contribution >= 0.6 is 0 Å². The maximum absolute atomic E-state index is 5.41. The third kappa shape index (κ3) is 6.72. The predicted molar refractivity (Wildman–Crippen MR) is 274 cm³/mol. The molecule has 0 amide bonds. The van der Waals surface area contributed by atoms with Crippen molar-refractivity contribution in [1.82, 2.24) is 19.1 Å². The van der Waals surface area contributed by atoms with Crippen LogP contribution in [0, 0.1) is 0 Å². The van der Waals surface area contributed by atoms with Gasteiger partial charge in [0.2, 0.25) is 0 Å². The van der Waals surface area contributed by atoms with Crippen molar-refractivity contribution in [1.29, 1.82) is 0 Å². The smallest absolute Gasteiger partial charge is 0.146 e. The van der Waals surface area contributed by atoms with Gasteiger partial charge in [0.1, 0.15) is 11.6 Å². The molecule has 66 heavy (non-hydrogen) atoms. The number of para-hydroxylation sites is 6. The summed E-state index contributed by atoms with van der Waals surface area (Å²) in [5.74, 6) is 1.77. The minimum absolute atomic E-state index is 0.885. The van der Waals surface area contributed by atoms with E-state index in [-0.39, 0.29) is 0 Å². The molecule has 310 valence electrons. The summed E-state index contributed by atoms with van der Waals surface area (Å²) in [6.45, 7) is 0. The molecule has 0 unspecified atom stereocenters. The standard InChI is InChI=1S/C62H42N4/c1-5-23-43(24-6-1)47-35-21-37-51(49-31-13-15-33-53(49)61-63-55-39-17-19-41-57(55)65(61)45-27-9-3-10-28-45)59(47)60-48(44-25-7-2-8-26-44)36-22-38-52(60)50-32-14-16-34-54(50)62-64-56-40-18-20-42-58(56)66(62)46-29-11-4-12-30-46/h1-42H. The van der Waals surface area contributed by atoms with Gasteiger partial charge in [-0.1, -0.05) is 206 Å². The lowest BCUT2D eigenvalue weighted by Gasteiger charge is -2.24. The lowest BCUT2D eigenvalue weighted by Crippen LogP contribution is -2.01. The van der Waals surface area contributed by atoms with Gasteiger partial charge in [-0.15, -0.1) is 0 Å². The normalized spacial score (nSPS) is 11.3. The van der Waals surface area contributed by atoms with E-state index in [1.165, 1.54) is 0 Å². The van der Waals surface area contributed by atoms with Gasteiger partial charge in [0, 0.05) is 22.5 Å². The minimum atomic E-state index is 0.885. The SMILES string of the molecule is c1ccc(-c2cccc(-c3ccccc3-c3nc4ccccc4n3-c3ccccc3)c2-c2c(-c3ccccc3)cccc2-c2ccccc2-c2nc3ccccc3n2-c2ccccc2)cc1. The molecular weight excluding hydrogens is 801 g/mol. The fraction of sp³-hybridized carbons (Fsp3) is 0. The summed E-state index contributed by atoms with van der Waals surface area (Å²) in [6, 6.07) is 90.7. The van der Waals surface area contributed by atoms with Gasteiger partial charge < -0.3 is 0 Å². The Labute approximate surface area is 384 Å². The Balaban J connectivity index is 1.19. The fourth-order valence-corrected chi connectivity index (χ4v) is 9.72. The zero-order valence-electron chi connectivity index (χ0n) is 36.0. The fourth-order valence-electron chi connectivity index (χ4n) is 9.72. The lowest BCUT2D eigenvalue weighted by atomic mass is 9.79. The first-order chi connectivity index (χ1) is 32.8. The van der Waals surface area contributed by atoms with E-state index >= 15 is 0 Å². The highest BCUT2D eigenvalue weighted by molar-refractivity contribution is 6.08. The van der Waals surface area contributed by atoms with Gasteiger partial charge in [-0.2, -0.15) is 0 Å². The Morgan fingerprint density at radius 3 is 0.939 bits per heavy atom. The van der Waals surface area contributed by atoms with Gasteiger partial charge in [-0.3, -0.25) is 9.13 Å². The van der Waals surface area contributed by atoms with Gasteiger partial charge in [0.25, 0.3) is 0 Å². The van der Waals surface area contributed by atoms with Gasteiger partial charge in [0.05, 0.1) is 22.1 Å². The van der Waals surface area contributed by atoms with Gasteiger partial charge in [0.15, 0.2) is 0 Å². The first-order valence-corrected chi connectivity index (χ1v) is 22.4. The molecule has 0 aliphatic carbocycles. The highest BCUT2D eigenvalue weighted by Crippen LogP contribution is 2.51. The lowest BCUT2D eigenvalue weighted by molar-refractivity contribution is 1.10. The number of rotatable bonds is 9. The molecule has 0 saturated heterocycles. The molecule has 10 aromatic carbocycles. The first-order valence-electron chi connectivity index (χ1n) is 22.4. The molecule has 2 heterocycles. The maximum Gasteiger partial charge on any atom is 0.146 e. The topological polar surface area (TPSA) is 35.6 Å². The number of fused-ring (bicyclic) bond motifs is 2. The van der Waals surface area contributed by atoms with Gasteiger partial charge in [-0.05, 0) is 104 Å². The van der Waals surface area contributed by atoms with E-state index in [2.05, 4.69) is 264 Å². The summed E-state index contributed by atoms with van der Waals surface area (Å²) in [5.41, 5.74) is 19.4. The molecule has 4 nitrogen and oxygen atoms in total. The van der Waals surface area contributed by atoms with Crippen LogP contribution in [0.25, 0.3) is 112 Å². The van der Waals surface area contributed by atoms with Crippen molar-refractivity contribution in [2.45, 2.75) is 0 Å². The second kappa shape index (κ2) is 16.7. The molecule has 0 fully saturated rings. The molecule has 0 radical (unpaired) electrons. The molecule has 0 aliphatic heterocycles. The van der Waals surface area contributed by atoms with Gasteiger partial charge >= 0.3 is 0 Å². The van der Waals surface area contributed by atoms with Crippen molar-refractivity contribution in [2.75, 3.05) is 0 Å². The van der Waals surface area contributed by atoms with Crippen molar-refractivity contribution in [3.63, 3.8) is 0 Å². The van der Waals surface area contributed by atoms with Crippen LogP contribution in [0.15, 0.2) is 255 Å². The molecule has 0 saturated carbocycles. The first kappa shape index (κ1) is 38.8. The van der Waals surface area contributed by atoms with Crippen LogP contribution in [0.3, 0.4) is 0 Å². The number of hydrogen-bond donors (Lipinski definition) is 0. The Morgan fingerprint density at radius 1 is 0.227 bits per heavy atom. The molecule has 0 N–H and O–H groups in total. The molecule has 12 rings (SSSR count). The van der Waals surface area contributed by atoms with Crippen molar-refractivity contribution >= 4 is 22.1 Å². The van der Waals surface area contributed by atoms with Gasteiger partial charge in [-0.25, -0.2) is 9.97 Å². The average Bonchev–Trinajstić information content (AvgIpc) is 3.99. The molecule has 4 heteroatoms. The number of imidazole rings is 2. The largest absolute Gasteiger partial charge is 0.292 e. The monoisotopic (exact) mass is 842 g/mol. The van der Waals surface area contributed by atoms with Crippen LogP contribution in [0.1, 0.15) is 0 Å². The van der Waals surface area contributed by atoms with E-state index in [1.807, 2.05) is 0 Å². The van der Waals surface area contributed by atoms with Crippen LogP contribution in [-0.4, -0.2) is 19.1 Å². The highest BCUT2D eigenvalue weighted by atomic mass is 15.1. The number of benzene rings is 10. The molecule has 0 spiro atoms. The summed E-state index contributed by atoms with van der Waals surface area (Å²) in [6.07, 6.45) is 0. The summed E-state index contributed by atoms with van der Waals surface area (Å²) >= 11 is 0. The van der Waals surface area contributed by atoms with E-state index in [9.17, 15) is 0 Å². The van der Waals surface area contributed by atoms with E-state index < -0.39 is 0 Å². The molecule has 12 aromatic rings. The van der Waals surface area contributed by atoms with Crippen LogP contribution < -0.4 is 0 Å². The van der Waals surface area contributed by atoms with Crippen LogP contribution in [0.5, 0.6) is 0 Å². The zero-order chi connectivity index (χ0) is 43.8. The van der Waals surface area contributed by atoms with E-state index in [0.29, 0.717) is 0 Å². The minimum Gasteiger partial charge on any atom is -0.292 e. The number of hydrogen-bond acceptors (Lipinski definition) is 2. The Morgan fingerprint density at radius 2 is 0.530 bits per heavy atom. The highest BCUT2D eigenvalue weighted by Gasteiger charge is 2.27. The van der Waals surface area contributed by atoms with E-state index in [0.717, 1.165) is 112 Å². The summed E-state index contributed by atoms with van der Waals surface area (Å²) in [4.78, 5) is 10.8. The van der Waals surface area contributed by atoms with Crippen molar-refractivity contribution in [3.8, 4) is 89.8 Å². The van der Waals surface area contributed by atoms with Crippen molar-refractivity contribution < 1.29 is 0 Å². The van der Waals surface area contributed by atoms with E-state index in [4.69, 9.17) is 9.97 Å². The molecule has 0 aliphatic rings. The van der Waals surface area contributed by atoms with Crippen molar-refractivity contribution in [2.24, 2.45) is 0 Å². The summed E-state index contributed by atoms with van der Waals surface area (Å²) < 4.78 is 4.60. The van der Waals surface area contributed by atoms with Crippen molar-refractivity contribution in [3.05, 3.63) is 255 Å². The Hall–Kier alpha value is -8.86. The zero-order valence-corrected chi connectivity index (χ0v) is 36.0. The molecule has 2 aromatic heterocycles. The number of nitrogens with zero attached hydrogens (tertiary/aromatic N) is 4. The Kier molecular flexibility index (Phi) is 9.81. The molecule has 0 bridgehead atoms. The molecule has 0 atom stereocenters. The Bertz CT molecular complexity index is 3440. The average molecular weight is 843 g/mol. The summed E-state index contributed by atoms with van der Waals surface area (Å²) in [7, 11) is 0. The van der Waals surface area contributed by atoms with Crippen LogP contribution in [0.2, 0.25) is 0 Å². The number of aromatic nitrogens is 4. The second-order valence-corrected chi connectivity index (χ2v) is 16.5. The molecular formula is C62H42N4. The van der Waals surface area contributed by atoms with E-state index in [1.54, 1.807) is 0 Å². The quantitative estimate of drug-likeness (QED) is 0.145.